The lowest BCUT2D eigenvalue weighted by molar-refractivity contribution is -0.139. The fourth-order valence-corrected chi connectivity index (χ4v) is 0.826. The Hall–Kier alpha value is -0.573. The molecule has 0 aromatic heterocycles. The SMILES string of the molecule is CCCCOC(=O)/C(C)=C(/C)[SiH3]. The van der Waals surface area contributed by atoms with E-state index in [1.54, 1.807) is 0 Å². The van der Waals surface area contributed by atoms with Crippen molar-refractivity contribution in [3.05, 3.63) is 10.8 Å². The fraction of sp³-hybridized carbons (Fsp3) is 0.667. The second-order valence-corrected chi connectivity index (χ2v) is 4.61. The van der Waals surface area contributed by atoms with Crippen LogP contribution in [0.15, 0.2) is 10.8 Å². The van der Waals surface area contributed by atoms with E-state index in [4.69, 9.17) is 4.74 Å². The summed E-state index contributed by atoms with van der Waals surface area (Å²) in [4.78, 5) is 11.2. The van der Waals surface area contributed by atoms with Crippen molar-refractivity contribution in [3.63, 3.8) is 0 Å². The van der Waals surface area contributed by atoms with Gasteiger partial charge in [-0.05, 0) is 20.3 Å². The first kappa shape index (κ1) is 11.4. The topological polar surface area (TPSA) is 26.3 Å². The Kier molecular flexibility index (Phi) is 5.71. The molecule has 0 aliphatic rings. The van der Waals surface area contributed by atoms with Crippen LogP contribution in [0.5, 0.6) is 0 Å². The van der Waals surface area contributed by atoms with Crippen LogP contribution in [0, 0.1) is 0 Å². The van der Waals surface area contributed by atoms with Gasteiger partial charge in [0.2, 0.25) is 0 Å². The highest BCUT2D eigenvalue weighted by atomic mass is 28.1. The van der Waals surface area contributed by atoms with E-state index >= 15 is 0 Å². The Morgan fingerprint density at radius 3 is 2.42 bits per heavy atom. The van der Waals surface area contributed by atoms with E-state index in [1.807, 2.05) is 13.8 Å². The number of carbonyl (C=O) groups is 1. The molecular weight excluding hydrogens is 168 g/mol. The third kappa shape index (κ3) is 4.33. The van der Waals surface area contributed by atoms with Gasteiger partial charge in [0.15, 0.2) is 0 Å². The Labute approximate surface area is 77.4 Å². The molecule has 0 spiro atoms. The quantitative estimate of drug-likeness (QED) is 0.283. The van der Waals surface area contributed by atoms with E-state index < -0.39 is 0 Å². The molecule has 0 amide bonds. The minimum Gasteiger partial charge on any atom is -0.462 e. The zero-order chi connectivity index (χ0) is 9.56. The van der Waals surface area contributed by atoms with Gasteiger partial charge in [0, 0.05) is 15.8 Å². The van der Waals surface area contributed by atoms with Crippen molar-refractivity contribution in [3.8, 4) is 0 Å². The summed E-state index contributed by atoms with van der Waals surface area (Å²) in [6.07, 6.45) is 2.02. The van der Waals surface area contributed by atoms with Crippen molar-refractivity contribution in [1.82, 2.24) is 0 Å². The molecule has 0 radical (unpaired) electrons. The lowest BCUT2D eigenvalue weighted by Gasteiger charge is -2.04. The van der Waals surface area contributed by atoms with Gasteiger partial charge in [-0.15, -0.1) is 0 Å². The predicted molar refractivity (Wildman–Crippen MR) is 54.2 cm³/mol. The zero-order valence-corrected chi connectivity index (χ0v) is 10.4. The van der Waals surface area contributed by atoms with E-state index in [0.717, 1.165) is 33.9 Å². The number of ether oxygens (including phenoxy) is 1. The standard InChI is InChI=1S/C9H18O2Si/c1-4-5-6-11-9(10)7(2)8(3)12/h4-6H2,1-3,12H3/b8-7-. The molecule has 0 atom stereocenters. The molecule has 70 valence electrons. The minimum atomic E-state index is -0.143. The average Bonchev–Trinajstić information content (AvgIpc) is 2.03. The van der Waals surface area contributed by atoms with Gasteiger partial charge in [-0.3, -0.25) is 0 Å². The monoisotopic (exact) mass is 186 g/mol. The summed E-state index contributed by atoms with van der Waals surface area (Å²) in [5.41, 5.74) is 0.790. The maximum absolute atomic E-state index is 11.2. The highest BCUT2D eigenvalue weighted by molar-refractivity contribution is 6.23. The first-order valence-corrected chi connectivity index (χ1v) is 5.40. The summed E-state index contributed by atoms with van der Waals surface area (Å²) in [5, 5.41) is 1.16. The molecule has 0 aliphatic carbocycles. The summed E-state index contributed by atoms with van der Waals surface area (Å²) in [5.74, 6) is -0.143. The summed E-state index contributed by atoms with van der Waals surface area (Å²) in [6, 6.07) is 0. The molecule has 0 saturated carbocycles. The maximum atomic E-state index is 11.2. The van der Waals surface area contributed by atoms with Crippen molar-refractivity contribution in [2.24, 2.45) is 0 Å². The number of hydrogen-bond acceptors (Lipinski definition) is 2. The minimum absolute atomic E-state index is 0.143. The van der Waals surface area contributed by atoms with Gasteiger partial charge < -0.3 is 4.74 Å². The maximum Gasteiger partial charge on any atom is 0.333 e. The molecule has 0 aromatic carbocycles. The largest absolute Gasteiger partial charge is 0.462 e. The van der Waals surface area contributed by atoms with Gasteiger partial charge >= 0.3 is 5.97 Å². The molecule has 0 unspecified atom stereocenters. The summed E-state index contributed by atoms with van der Waals surface area (Å²) in [7, 11) is 0.939. The summed E-state index contributed by atoms with van der Waals surface area (Å²) in [6.45, 7) is 6.44. The second-order valence-electron chi connectivity index (χ2n) is 3.11. The molecule has 3 heteroatoms. The van der Waals surface area contributed by atoms with Crippen LogP contribution in [0.4, 0.5) is 0 Å². The van der Waals surface area contributed by atoms with E-state index in [0.29, 0.717) is 6.61 Å². The van der Waals surface area contributed by atoms with Crippen molar-refractivity contribution < 1.29 is 9.53 Å². The molecule has 2 nitrogen and oxygen atoms in total. The Bertz CT molecular complexity index is 181. The van der Waals surface area contributed by atoms with Gasteiger partial charge in [0.05, 0.1) is 6.61 Å². The normalized spacial score (nSPS) is 12.6. The third-order valence-corrected chi connectivity index (χ3v) is 2.54. The Balaban J connectivity index is 3.81. The molecule has 0 saturated heterocycles. The molecule has 0 heterocycles. The van der Waals surface area contributed by atoms with Crippen LogP contribution in [-0.4, -0.2) is 22.8 Å². The van der Waals surface area contributed by atoms with E-state index in [1.165, 1.54) is 0 Å². The van der Waals surface area contributed by atoms with Crippen molar-refractivity contribution >= 4 is 16.2 Å². The molecule has 0 aliphatic heterocycles. The van der Waals surface area contributed by atoms with Crippen molar-refractivity contribution in [2.45, 2.75) is 33.6 Å². The van der Waals surface area contributed by atoms with Crippen molar-refractivity contribution in [1.29, 1.82) is 0 Å². The Morgan fingerprint density at radius 1 is 1.42 bits per heavy atom. The smallest absolute Gasteiger partial charge is 0.333 e. The van der Waals surface area contributed by atoms with Crippen LogP contribution >= 0.6 is 0 Å². The highest BCUT2D eigenvalue weighted by Gasteiger charge is 2.05. The van der Waals surface area contributed by atoms with Crippen LogP contribution in [0.25, 0.3) is 0 Å². The predicted octanol–water partition coefficient (Wildman–Crippen LogP) is 0.989. The first-order valence-electron chi connectivity index (χ1n) is 4.40. The fourth-order valence-electron chi connectivity index (χ4n) is 0.622. The lowest BCUT2D eigenvalue weighted by atomic mass is 10.3. The van der Waals surface area contributed by atoms with Crippen LogP contribution in [-0.2, 0) is 9.53 Å². The van der Waals surface area contributed by atoms with Crippen molar-refractivity contribution in [2.75, 3.05) is 6.61 Å². The molecule has 12 heavy (non-hydrogen) atoms. The van der Waals surface area contributed by atoms with Gasteiger partial charge in [0.25, 0.3) is 0 Å². The molecule has 0 fully saturated rings. The molecule has 0 bridgehead atoms. The number of hydrogen-bond donors (Lipinski definition) is 0. The average molecular weight is 186 g/mol. The number of rotatable bonds is 4. The second kappa shape index (κ2) is 6.00. The van der Waals surface area contributed by atoms with Crippen LogP contribution in [0.1, 0.15) is 33.6 Å². The Morgan fingerprint density at radius 2 is 2.00 bits per heavy atom. The van der Waals surface area contributed by atoms with Crippen LogP contribution in [0.2, 0.25) is 0 Å². The van der Waals surface area contributed by atoms with E-state index in [-0.39, 0.29) is 5.97 Å². The number of esters is 1. The zero-order valence-electron chi connectivity index (χ0n) is 8.44. The van der Waals surface area contributed by atoms with E-state index in [2.05, 4.69) is 6.92 Å². The molecular formula is C9H18O2Si. The van der Waals surface area contributed by atoms with Gasteiger partial charge in [0.1, 0.15) is 0 Å². The lowest BCUT2D eigenvalue weighted by Crippen LogP contribution is -2.08. The molecule has 0 N–H and O–H groups in total. The van der Waals surface area contributed by atoms with Gasteiger partial charge in [-0.25, -0.2) is 4.79 Å². The first-order chi connectivity index (χ1) is 5.59. The molecule has 0 aromatic rings. The number of unbranched alkanes of at least 4 members (excludes halogenated alkanes) is 1. The molecule has 0 rings (SSSR count). The van der Waals surface area contributed by atoms with E-state index in [9.17, 15) is 4.79 Å². The van der Waals surface area contributed by atoms with Gasteiger partial charge in [-0.1, -0.05) is 18.5 Å². The number of allylic oxidation sites excluding steroid dienone is 1. The third-order valence-electron chi connectivity index (χ3n) is 1.79. The van der Waals surface area contributed by atoms with Crippen LogP contribution < -0.4 is 0 Å². The summed E-state index contributed by atoms with van der Waals surface area (Å²) < 4.78 is 5.03. The van der Waals surface area contributed by atoms with Crippen LogP contribution in [0.3, 0.4) is 0 Å². The number of carbonyl (C=O) groups excluding carboxylic acids is 1. The summed E-state index contributed by atoms with van der Waals surface area (Å²) >= 11 is 0. The van der Waals surface area contributed by atoms with Gasteiger partial charge in [-0.2, -0.15) is 0 Å². The highest BCUT2D eigenvalue weighted by Crippen LogP contribution is 2.02.